The predicted molar refractivity (Wildman–Crippen MR) is 107 cm³/mol. The first-order valence-corrected chi connectivity index (χ1v) is 9.31. The molecule has 0 aliphatic rings. The maximum atomic E-state index is 13.3. The third-order valence-electron chi connectivity index (χ3n) is 4.22. The number of carbonyl (C=O) groups excluding carboxylic acids is 1. The van der Waals surface area contributed by atoms with E-state index >= 15 is 0 Å². The summed E-state index contributed by atoms with van der Waals surface area (Å²) in [6.07, 6.45) is 1.60. The number of anilines is 1. The van der Waals surface area contributed by atoms with Crippen LogP contribution in [-0.4, -0.2) is 18.0 Å². The van der Waals surface area contributed by atoms with Crippen LogP contribution in [0.3, 0.4) is 0 Å². The number of methoxy groups -OCH3 is 1. The predicted octanol–water partition coefficient (Wildman–Crippen LogP) is 5.05. The van der Waals surface area contributed by atoms with Gasteiger partial charge in [-0.3, -0.25) is 9.69 Å². The fourth-order valence-corrected chi connectivity index (χ4v) is 3.89. The lowest BCUT2D eigenvalue weighted by molar-refractivity contribution is 0.0983. The Bertz CT molecular complexity index is 1090. The normalized spacial score (nSPS) is 10.9. The third kappa shape index (κ3) is 3.57. The summed E-state index contributed by atoms with van der Waals surface area (Å²) in [5.74, 6) is 1.18. The minimum Gasteiger partial charge on any atom is -0.497 e. The molecule has 0 saturated heterocycles. The lowest BCUT2D eigenvalue weighted by Gasteiger charge is -2.19. The van der Waals surface area contributed by atoms with Crippen LogP contribution >= 0.6 is 11.3 Å². The minimum atomic E-state index is -0.152. The number of aryl methyl sites for hydroxylation is 1. The topological polar surface area (TPSA) is 55.6 Å². The molecule has 0 spiro atoms. The molecule has 0 N–H and O–H groups in total. The maximum Gasteiger partial charge on any atom is 0.260 e. The molecular weight excluding hydrogens is 360 g/mol. The van der Waals surface area contributed by atoms with Gasteiger partial charge in [-0.2, -0.15) is 0 Å². The van der Waals surface area contributed by atoms with E-state index in [1.165, 1.54) is 11.3 Å². The highest BCUT2D eigenvalue weighted by atomic mass is 32.1. The first kappa shape index (κ1) is 17.3. The van der Waals surface area contributed by atoms with Crippen molar-refractivity contribution in [1.29, 1.82) is 0 Å². The second-order valence-electron chi connectivity index (χ2n) is 6.17. The molecule has 0 aliphatic heterocycles. The summed E-state index contributed by atoms with van der Waals surface area (Å²) < 4.78 is 11.8. The smallest absolute Gasteiger partial charge is 0.260 e. The molecule has 2 aromatic heterocycles. The van der Waals surface area contributed by atoms with Gasteiger partial charge in [0.1, 0.15) is 11.5 Å². The van der Waals surface area contributed by atoms with Crippen LogP contribution in [0.5, 0.6) is 5.75 Å². The Morgan fingerprint density at radius 3 is 2.85 bits per heavy atom. The molecule has 0 radical (unpaired) electrons. The highest BCUT2D eigenvalue weighted by molar-refractivity contribution is 7.22. The number of hydrogen-bond donors (Lipinski definition) is 0. The number of nitrogens with zero attached hydrogens (tertiary/aromatic N) is 2. The average molecular weight is 378 g/mol. The average Bonchev–Trinajstić information content (AvgIpc) is 3.34. The van der Waals surface area contributed by atoms with Gasteiger partial charge in [0.25, 0.3) is 5.91 Å². The third-order valence-corrected chi connectivity index (χ3v) is 5.26. The number of hydrogen-bond acceptors (Lipinski definition) is 5. The molecule has 27 heavy (non-hydrogen) atoms. The van der Waals surface area contributed by atoms with Crippen LogP contribution in [0, 0.1) is 6.92 Å². The zero-order valence-electron chi connectivity index (χ0n) is 15.0. The molecule has 5 nitrogen and oxygen atoms in total. The molecule has 2 aromatic carbocycles. The molecule has 0 saturated carbocycles. The van der Waals surface area contributed by atoms with E-state index in [0.717, 1.165) is 15.8 Å². The Kier molecular flexibility index (Phi) is 4.64. The van der Waals surface area contributed by atoms with Crippen LogP contribution < -0.4 is 9.64 Å². The van der Waals surface area contributed by atoms with Crippen LogP contribution in [0.4, 0.5) is 5.13 Å². The number of benzene rings is 2. The van der Waals surface area contributed by atoms with Crippen molar-refractivity contribution in [3.05, 3.63) is 77.7 Å². The quantitative estimate of drug-likeness (QED) is 0.487. The van der Waals surface area contributed by atoms with Gasteiger partial charge in [-0.05, 0) is 55.0 Å². The summed E-state index contributed by atoms with van der Waals surface area (Å²) in [6.45, 7) is 2.35. The SMILES string of the molecule is COc1cccc(C(=O)N(Cc2ccco2)c2nc3ccc(C)cc3s2)c1. The molecule has 4 rings (SSSR count). The lowest BCUT2D eigenvalue weighted by atomic mass is 10.2. The van der Waals surface area contributed by atoms with Crippen molar-refractivity contribution in [2.24, 2.45) is 0 Å². The van der Waals surface area contributed by atoms with E-state index < -0.39 is 0 Å². The first-order valence-electron chi connectivity index (χ1n) is 8.49. The van der Waals surface area contributed by atoms with Crippen LogP contribution in [0.25, 0.3) is 10.2 Å². The van der Waals surface area contributed by atoms with E-state index in [-0.39, 0.29) is 5.91 Å². The molecule has 0 unspecified atom stereocenters. The Hall–Kier alpha value is -3.12. The Morgan fingerprint density at radius 2 is 2.07 bits per heavy atom. The zero-order chi connectivity index (χ0) is 18.8. The summed E-state index contributed by atoms with van der Waals surface area (Å²) in [4.78, 5) is 19.6. The maximum absolute atomic E-state index is 13.3. The second kappa shape index (κ2) is 7.25. The number of carbonyl (C=O) groups is 1. The van der Waals surface area contributed by atoms with E-state index in [9.17, 15) is 4.79 Å². The number of rotatable bonds is 5. The fourth-order valence-electron chi connectivity index (χ4n) is 2.83. The summed E-state index contributed by atoms with van der Waals surface area (Å²) in [5, 5.41) is 0.639. The molecule has 2 heterocycles. The molecule has 6 heteroatoms. The number of ether oxygens (including phenoxy) is 1. The van der Waals surface area contributed by atoms with Gasteiger partial charge in [0.15, 0.2) is 5.13 Å². The van der Waals surface area contributed by atoms with Gasteiger partial charge in [-0.15, -0.1) is 0 Å². The number of fused-ring (bicyclic) bond motifs is 1. The molecule has 0 bridgehead atoms. The number of amides is 1. The fraction of sp³-hybridized carbons (Fsp3) is 0.143. The van der Waals surface area contributed by atoms with Gasteiger partial charge < -0.3 is 9.15 Å². The van der Waals surface area contributed by atoms with Crippen LogP contribution in [0.2, 0.25) is 0 Å². The van der Waals surface area contributed by atoms with Crippen LogP contribution in [0.1, 0.15) is 21.7 Å². The Labute approximate surface area is 160 Å². The standard InChI is InChI=1S/C21H18N2O3S/c1-14-8-9-18-19(11-14)27-21(22-18)23(13-17-7-4-10-26-17)20(24)15-5-3-6-16(12-15)25-2/h3-12H,13H2,1-2H3. The first-order chi connectivity index (χ1) is 13.1. The van der Waals surface area contributed by atoms with Gasteiger partial charge >= 0.3 is 0 Å². The van der Waals surface area contributed by atoms with Gasteiger partial charge in [0.05, 0.1) is 30.1 Å². The van der Waals surface area contributed by atoms with Gasteiger partial charge in [0, 0.05) is 5.56 Å². The van der Waals surface area contributed by atoms with Crippen molar-refractivity contribution in [3.63, 3.8) is 0 Å². The monoisotopic (exact) mass is 378 g/mol. The summed E-state index contributed by atoms with van der Waals surface area (Å²) in [6, 6.07) is 16.9. The summed E-state index contributed by atoms with van der Waals surface area (Å²) in [7, 11) is 1.58. The lowest BCUT2D eigenvalue weighted by Crippen LogP contribution is -2.30. The molecule has 0 aliphatic carbocycles. The molecule has 4 aromatic rings. The zero-order valence-corrected chi connectivity index (χ0v) is 15.8. The van der Waals surface area contributed by atoms with Gasteiger partial charge in [-0.25, -0.2) is 4.98 Å². The number of furan rings is 1. The van der Waals surface area contributed by atoms with E-state index in [4.69, 9.17) is 9.15 Å². The Morgan fingerprint density at radius 1 is 1.19 bits per heavy atom. The van der Waals surface area contributed by atoms with Gasteiger partial charge in [0.2, 0.25) is 0 Å². The van der Waals surface area contributed by atoms with E-state index in [1.54, 1.807) is 36.5 Å². The van der Waals surface area contributed by atoms with Crippen molar-refractivity contribution >= 4 is 32.6 Å². The van der Waals surface area contributed by atoms with Crippen molar-refractivity contribution in [3.8, 4) is 5.75 Å². The van der Waals surface area contributed by atoms with Crippen molar-refractivity contribution in [1.82, 2.24) is 4.98 Å². The molecule has 1 amide bonds. The van der Waals surface area contributed by atoms with E-state index in [1.807, 2.05) is 37.3 Å². The van der Waals surface area contributed by atoms with Crippen LogP contribution in [0.15, 0.2) is 65.3 Å². The molecule has 0 atom stereocenters. The van der Waals surface area contributed by atoms with E-state index in [2.05, 4.69) is 11.1 Å². The van der Waals surface area contributed by atoms with Crippen molar-refractivity contribution < 1.29 is 13.9 Å². The highest BCUT2D eigenvalue weighted by Gasteiger charge is 2.23. The number of thiazole rings is 1. The Balaban J connectivity index is 1.76. The van der Waals surface area contributed by atoms with E-state index in [0.29, 0.717) is 28.7 Å². The van der Waals surface area contributed by atoms with Crippen LogP contribution in [-0.2, 0) is 6.54 Å². The van der Waals surface area contributed by atoms with Gasteiger partial charge in [-0.1, -0.05) is 23.5 Å². The van der Waals surface area contributed by atoms with Crippen molar-refractivity contribution in [2.75, 3.05) is 12.0 Å². The molecular formula is C21H18N2O3S. The van der Waals surface area contributed by atoms with Crippen molar-refractivity contribution in [2.45, 2.75) is 13.5 Å². The highest BCUT2D eigenvalue weighted by Crippen LogP contribution is 2.31. The summed E-state index contributed by atoms with van der Waals surface area (Å²) >= 11 is 1.50. The number of aromatic nitrogens is 1. The largest absolute Gasteiger partial charge is 0.497 e. The second-order valence-corrected chi connectivity index (χ2v) is 7.18. The molecule has 0 fully saturated rings. The molecule has 136 valence electrons. The minimum absolute atomic E-state index is 0.152. The summed E-state index contributed by atoms with van der Waals surface area (Å²) in [5.41, 5.74) is 2.58.